The van der Waals surface area contributed by atoms with E-state index < -0.39 is 20.0 Å². The smallest absolute Gasteiger partial charge is 0.261 e. The fourth-order valence-electron chi connectivity index (χ4n) is 4.17. The van der Waals surface area contributed by atoms with Crippen molar-refractivity contribution < 1.29 is 26.4 Å². The molecule has 1 aliphatic carbocycles. The molecule has 33 heavy (non-hydrogen) atoms. The van der Waals surface area contributed by atoms with Crippen molar-refractivity contribution in [2.45, 2.75) is 29.1 Å². The largest absolute Gasteiger partial charge is 0.379 e. The molecule has 1 N–H and O–H groups in total. The fourth-order valence-corrected chi connectivity index (χ4v) is 6.69. The van der Waals surface area contributed by atoms with Gasteiger partial charge >= 0.3 is 0 Å². The zero-order valence-corrected chi connectivity index (χ0v) is 19.6. The first-order valence-corrected chi connectivity index (χ1v) is 13.8. The molecular formula is C22H25N3O6S2. The number of fused-ring (bicyclic) bond motifs is 1. The standard InChI is InChI=1S/C22H25N3O6S2/c26-22(16-1-2-16)25-10-9-17-15-20(7-8-21(17)25)32(27,28)23-18-3-5-19(6-4-18)33(29,30)24-11-13-31-14-12-24/h3-8,15-16,23H,1-2,9-14H2. The Kier molecular flexibility index (Phi) is 5.68. The molecule has 3 aliphatic rings. The number of carbonyl (C=O) groups is 1. The van der Waals surface area contributed by atoms with Gasteiger partial charge in [-0.25, -0.2) is 16.8 Å². The summed E-state index contributed by atoms with van der Waals surface area (Å²) in [4.78, 5) is 14.4. The number of nitrogens with zero attached hydrogens (tertiary/aromatic N) is 2. The topological polar surface area (TPSA) is 113 Å². The molecule has 2 aliphatic heterocycles. The van der Waals surface area contributed by atoms with E-state index >= 15 is 0 Å². The van der Waals surface area contributed by atoms with Gasteiger partial charge in [-0.05, 0) is 67.3 Å². The lowest BCUT2D eigenvalue weighted by molar-refractivity contribution is -0.119. The van der Waals surface area contributed by atoms with E-state index in [0.29, 0.717) is 39.3 Å². The summed E-state index contributed by atoms with van der Waals surface area (Å²) in [5.74, 6) is 0.227. The molecular weight excluding hydrogens is 466 g/mol. The molecule has 2 aromatic carbocycles. The van der Waals surface area contributed by atoms with E-state index in [2.05, 4.69) is 4.72 Å². The number of hydrogen-bond acceptors (Lipinski definition) is 6. The van der Waals surface area contributed by atoms with Gasteiger partial charge in [-0.15, -0.1) is 0 Å². The number of rotatable bonds is 6. The molecule has 0 spiro atoms. The highest BCUT2D eigenvalue weighted by Gasteiger charge is 2.36. The van der Waals surface area contributed by atoms with Crippen molar-refractivity contribution in [1.82, 2.24) is 4.31 Å². The van der Waals surface area contributed by atoms with Crippen LogP contribution in [-0.2, 0) is 36.0 Å². The van der Waals surface area contributed by atoms with Crippen LogP contribution in [0.15, 0.2) is 52.3 Å². The predicted molar refractivity (Wildman–Crippen MR) is 122 cm³/mol. The molecule has 1 saturated heterocycles. The second-order valence-electron chi connectivity index (χ2n) is 8.45. The first-order chi connectivity index (χ1) is 15.8. The van der Waals surface area contributed by atoms with Gasteiger partial charge in [0.15, 0.2) is 0 Å². The minimum atomic E-state index is -3.88. The van der Waals surface area contributed by atoms with Gasteiger partial charge in [0, 0.05) is 36.9 Å². The van der Waals surface area contributed by atoms with Crippen LogP contribution in [0.4, 0.5) is 11.4 Å². The van der Waals surface area contributed by atoms with Crippen LogP contribution in [-0.4, -0.2) is 59.9 Å². The number of ether oxygens (including phenoxy) is 1. The molecule has 0 bridgehead atoms. The number of benzene rings is 2. The van der Waals surface area contributed by atoms with Crippen LogP contribution < -0.4 is 9.62 Å². The monoisotopic (exact) mass is 491 g/mol. The van der Waals surface area contributed by atoms with E-state index in [1.165, 1.54) is 34.6 Å². The first-order valence-electron chi connectivity index (χ1n) is 10.9. The summed E-state index contributed by atoms with van der Waals surface area (Å²) in [7, 11) is -7.53. The van der Waals surface area contributed by atoms with Crippen molar-refractivity contribution in [2.75, 3.05) is 42.5 Å². The lowest BCUT2D eigenvalue weighted by Crippen LogP contribution is -2.40. The minimum absolute atomic E-state index is 0.102. The van der Waals surface area contributed by atoms with Crippen molar-refractivity contribution in [3.63, 3.8) is 0 Å². The number of nitrogens with one attached hydrogen (secondary N) is 1. The highest BCUT2D eigenvalue weighted by Crippen LogP contribution is 2.37. The average Bonchev–Trinajstić information content (AvgIpc) is 3.58. The third kappa shape index (κ3) is 4.37. The zero-order chi connectivity index (χ0) is 23.2. The van der Waals surface area contributed by atoms with Crippen LogP contribution in [0.5, 0.6) is 0 Å². The normalized spacial score (nSPS) is 19.3. The molecule has 0 atom stereocenters. The highest BCUT2D eigenvalue weighted by molar-refractivity contribution is 7.92. The minimum Gasteiger partial charge on any atom is -0.379 e. The molecule has 2 fully saturated rings. The molecule has 11 heteroatoms. The number of amides is 1. The summed E-state index contributed by atoms with van der Waals surface area (Å²) in [5, 5.41) is 0. The van der Waals surface area contributed by atoms with Gasteiger partial charge in [0.05, 0.1) is 23.0 Å². The Labute approximate surface area is 193 Å². The molecule has 1 amide bonds. The molecule has 2 aromatic rings. The molecule has 2 heterocycles. The Morgan fingerprint density at radius 1 is 0.909 bits per heavy atom. The number of anilines is 2. The van der Waals surface area contributed by atoms with Crippen molar-refractivity contribution >= 4 is 37.3 Å². The SMILES string of the molecule is O=C(C1CC1)N1CCc2cc(S(=O)(=O)Nc3ccc(S(=O)(=O)N4CCOCC4)cc3)ccc21. The Morgan fingerprint density at radius 2 is 1.58 bits per heavy atom. The molecule has 0 radical (unpaired) electrons. The van der Waals surface area contributed by atoms with Crippen LogP contribution in [0.2, 0.25) is 0 Å². The van der Waals surface area contributed by atoms with Gasteiger partial charge in [-0.3, -0.25) is 9.52 Å². The summed E-state index contributed by atoms with van der Waals surface area (Å²) >= 11 is 0. The van der Waals surface area contributed by atoms with E-state index in [-0.39, 0.29) is 27.3 Å². The van der Waals surface area contributed by atoms with E-state index in [4.69, 9.17) is 4.74 Å². The second-order valence-corrected chi connectivity index (χ2v) is 12.1. The van der Waals surface area contributed by atoms with Crippen molar-refractivity contribution in [2.24, 2.45) is 5.92 Å². The maximum Gasteiger partial charge on any atom is 0.261 e. The van der Waals surface area contributed by atoms with Crippen molar-refractivity contribution in [3.8, 4) is 0 Å². The number of morpholine rings is 1. The Hall–Kier alpha value is -2.47. The second kappa shape index (κ2) is 8.39. The third-order valence-electron chi connectivity index (χ3n) is 6.16. The van der Waals surface area contributed by atoms with Crippen LogP contribution >= 0.6 is 0 Å². The van der Waals surface area contributed by atoms with Gasteiger partial charge in [0.2, 0.25) is 15.9 Å². The summed E-state index contributed by atoms with van der Waals surface area (Å²) in [5.41, 5.74) is 1.88. The van der Waals surface area contributed by atoms with Crippen LogP contribution in [0, 0.1) is 5.92 Å². The molecule has 176 valence electrons. The van der Waals surface area contributed by atoms with Gasteiger partial charge < -0.3 is 9.64 Å². The lowest BCUT2D eigenvalue weighted by Gasteiger charge is -2.26. The fraction of sp³-hybridized carbons (Fsp3) is 0.409. The Bertz CT molecular complexity index is 1280. The molecule has 5 rings (SSSR count). The maximum atomic E-state index is 12.9. The third-order valence-corrected chi connectivity index (χ3v) is 9.46. The van der Waals surface area contributed by atoms with E-state index in [9.17, 15) is 21.6 Å². The number of hydrogen-bond donors (Lipinski definition) is 1. The van der Waals surface area contributed by atoms with Gasteiger partial charge in [0.1, 0.15) is 0 Å². The highest BCUT2D eigenvalue weighted by atomic mass is 32.2. The Morgan fingerprint density at radius 3 is 2.24 bits per heavy atom. The number of sulfonamides is 2. The summed E-state index contributed by atoms with van der Waals surface area (Å²) in [6.45, 7) is 1.85. The molecule has 0 unspecified atom stereocenters. The summed E-state index contributed by atoms with van der Waals surface area (Å²) in [6, 6.07) is 10.5. The van der Waals surface area contributed by atoms with Gasteiger partial charge in [-0.1, -0.05) is 0 Å². The van der Waals surface area contributed by atoms with Crippen LogP contribution in [0.25, 0.3) is 0 Å². The lowest BCUT2D eigenvalue weighted by atomic mass is 10.2. The van der Waals surface area contributed by atoms with Crippen LogP contribution in [0.1, 0.15) is 18.4 Å². The average molecular weight is 492 g/mol. The summed E-state index contributed by atoms with van der Waals surface area (Å²) in [6.07, 6.45) is 2.46. The zero-order valence-electron chi connectivity index (χ0n) is 17.9. The predicted octanol–water partition coefficient (Wildman–Crippen LogP) is 1.81. The van der Waals surface area contributed by atoms with Crippen molar-refractivity contribution in [1.29, 1.82) is 0 Å². The van der Waals surface area contributed by atoms with E-state index in [0.717, 1.165) is 24.1 Å². The first kappa shape index (κ1) is 22.3. The maximum absolute atomic E-state index is 12.9. The van der Waals surface area contributed by atoms with Gasteiger partial charge in [-0.2, -0.15) is 4.31 Å². The Balaban J connectivity index is 1.32. The number of carbonyl (C=O) groups excluding carboxylic acids is 1. The van der Waals surface area contributed by atoms with E-state index in [1.807, 2.05) is 0 Å². The van der Waals surface area contributed by atoms with Gasteiger partial charge in [0.25, 0.3) is 10.0 Å². The van der Waals surface area contributed by atoms with E-state index in [1.54, 1.807) is 17.0 Å². The van der Waals surface area contributed by atoms with Crippen LogP contribution in [0.3, 0.4) is 0 Å². The molecule has 0 aromatic heterocycles. The molecule has 9 nitrogen and oxygen atoms in total. The quantitative estimate of drug-likeness (QED) is 0.659. The molecule has 1 saturated carbocycles. The van der Waals surface area contributed by atoms with Crippen molar-refractivity contribution in [3.05, 3.63) is 48.0 Å². The summed E-state index contributed by atoms with van der Waals surface area (Å²) < 4.78 is 60.4.